The number of non-ortho nitro benzene ring substituents is 1. The van der Waals surface area contributed by atoms with E-state index in [1.165, 1.54) is 38.5 Å². The van der Waals surface area contributed by atoms with Crippen LogP contribution in [0.3, 0.4) is 0 Å². The Bertz CT molecular complexity index is 948. The molecule has 12 heteroatoms. The largest absolute Gasteiger partial charge is 0.350 e. The van der Waals surface area contributed by atoms with Gasteiger partial charge < -0.3 is 9.47 Å². The third-order valence-corrected chi connectivity index (χ3v) is 8.46. The molecule has 0 unspecified atom stereocenters. The molecule has 4 rings (SSSR count). The number of fused-ring (bicyclic) bond motifs is 5. The molecule has 2 fully saturated rings. The summed E-state index contributed by atoms with van der Waals surface area (Å²) in [6.45, 7) is 0. The van der Waals surface area contributed by atoms with Crippen molar-refractivity contribution in [2.45, 2.75) is 15.5 Å². The number of hydrogen-bond acceptors (Lipinski definition) is 6. The molecule has 3 aliphatic rings. The maximum Gasteiger partial charge on any atom is 0.269 e. The van der Waals surface area contributed by atoms with Gasteiger partial charge in [0.2, 0.25) is 17.6 Å². The Kier molecular flexibility index (Phi) is 4.52. The first kappa shape index (κ1) is 20.8. The summed E-state index contributed by atoms with van der Waals surface area (Å²) in [7, 11) is 2.53. The quantitative estimate of drug-likeness (QED) is 0.215. The first-order chi connectivity index (χ1) is 13.5. The zero-order valence-corrected chi connectivity index (χ0v) is 17.8. The van der Waals surface area contributed by atoms with Crippen LogP contribution in [0.4, 0.5) is 11.4 Å². The van der Waals surface area contributed by atoms with Gasteiger partial charge in [0, 0.05) is 26.4 Å². The molecule has 1 aromatic carbocycles. The van der Waals surface area contributed by atoms with Crippen LogP contribution in [0.5, 0.6) is 0 Å². The molecule has 0 spiro atoms. The fourth-order valence-corrected chi connectivity index (χ4v) is 6.84. The number of carbonyl (C=O) groups is 2. The van der Waals surface area contributed by atoms with Crippen molar-refractivity contribution < 1.29 is 24.0 Å². The van der Waals surface area contributed by atoms with Crippen LogP contribution >= 0.6 is 46.4 Å². The van der Waals surface area contributed by atoms with E-state index in [0.717, 1.165) is 4.90 Å². The minimum atomic E-state index is -1.86. The van der Waals surface area contributed by atoms with Crippen LogP contribution in [0.2, 0.25) is 0 Å². The van der Waals surface area contributed by atoms with E-state index in [4.69, 9.17) is 55.9 Å². The van der Waals surface area contributed by atoms with Gasteiger partial charge in [-0.2, -0.15) is 0 Å². The molecule has 1 heterocycles. The molecule has 1 aromatic rings. The minimum absolute atomic E-state index is 0.132. The maximum absolute atomic E-state index is 13.3. The minimum Gasteiger partial charge on any atom is -0.350 e. The van der Waals surface area contributed by atoms with E-state index in [2.05, 4.69) is 0 Å². The van der Waals surface area contributed by atoms with E-state index < -0.39 is 44.1 Å². The van der Waals surface area contributed by atoms with Crippen molar-refractivity contribution in [3.63, 3.8) is 0 Å². The highest BCUT2D eigenvalue weighted by Crippen LogP contribution is 2.75. The lowest BCUT2D eigenvalue weighted by Crippen LogP contribution is -2.60. The van der Waals surface area contributed by atoms with E-state index in [-0.39, 0.29) is 21.4 Å². The summed E-state index contributed by atoms with van der Waals surface area (Å²) in [5.74, 6) is -5.68. The van der Waals surface area contributed by atoms with E-state index in [1.807, 2.05) is 0 Å². The SMILES string of the molecule is COC1(OC)[C@@]2(Cl)C(Cl)=C(Cl)[C@@]1(Cl)[C@@H]1C(=O)N(c3ccc([N+](=O)[O-])cc3)C(=O)[C@H]12. The number of anilines is 1. The van der Waals surface area contributed by atoms with Crippen molar-refractivity contribution in [3.8, 4) is 0 Å². The topological polar surface area (TPSA) is 99.0 Å². The van der Waals surface area contributed by atoms with Crippen LogP contribution in [-0.4, -0.2) is 46.5 Å². The molecule has 29 heavy (non-hydrogen) atoms. The molecule has 0 N–H and O–H groups in total. The molecular weight excluding hydrogens is 470 g/mol. The third kappa shape index (κ3) is 2.05. The van der Waals surface area contributed by atoms with Crippen molar-refractivity contribution in [2.24, 2.45) is 11.8 Å². The highest BCUT2D eigenvalue weighted by molar-refractivity contribution is 6.54. The average molecular weight is 482 g/mol. The fraction of sp³-hybridized carbons (Fsp3) is 0.412. The summed E-state index contributed by atoms with van der Waals surface area (Å²) >= 11 is 26.4. The van der Waals surface area contributed by atoms with Crippen LogP contribution in [0, 0.1) is 22.0 Å². The molecule has 1 saturated heterocycles. The Labute approximate surface area is 184 Å². The Morgan fingerprint density at radius 2 is 1.38 bits per heavy atom. The monoisotopic (exact) mass is 480 g/mol. The van der Waals surface area contributed by atoms with Gasteiger partial charge in [0.1, 0.15) is 9.75 Å². The number of ether oxygens (including phenoxy) is 2. The van der Waals surface area contributed by atoms with Gasteiger partial charge in [-0.3, -0.25) is 19.7 Å². The van der Waals surface area contributed by atoms with Gasteiger partial charge in [-0.15, -0.1) is 23.2 Å². The van der Waals surface area contributed by atoms with Crippen LogP contribution in [-0.2, 0) is 19.1 Å². The summed E-state index contributed by atoms with van der Waals surface area (Å²) in [6, 6.07) is 4.93. The zero-order chi connectivity index (χ0) is 21.5. The van der Waals surface area contributed by atoms with Gasteiger partial charge in [0.15, 0.2) is 0 Å². The fourth-order valence-electron chi connectivity index (χ4n) is 4.68. The summed E-state index contributed by atoms with van der Waals surface area (Å²) in [5, 5.41) is 10.6. The number of benzene rings is 1. The number of alkyl halides is 2. The summed E-state index contributed by atoms with van der Waals surface area (Å²) in [5.41, 5.74) is -0.0612. The third-order valence-electron chi connectivity index (χ3n) is 5.85. The zero-order valence-electron chi connectivity index (χ0n) is 14.8. The number of rotatable bonds is 4. The van der Waals surface area contributed by atoms with Gasteiger partial charge in [0.05, 0.1) is 32.5 Å². The van der Waals surface area contributed by atoms with Crippen LogP contribution in [0.15, 0.2) is 34.3 Å². The maximum atomic E-state index is 13.3. The smallest absolute Gasteiger partial charge is 0.269 e. The number of nitro groups is 1. The predicted octanol–water partition coefficient (Wildman–Crippen LogP) is 3.36. The highest BCUT2D eigenvalue weighted by atomic mass is 35.5. The molecule has 8 nitrogen and oxygen atoms in total. The van der Waals surface area contributed by atoms with Gasteiger partial charge >= 0.3 is 0 Å². The summed E-state index contributed by atoms with van der Waals surface area (Å²) in [4.78, 5) is 34.1. The first-order valence-electron chi connectivity index (χ1n) is 8.21. The van der Waals surface area contributed by atoms with Gasteiger partial charge in [0.25, 0.3) is 5.69 Å². The van der Waals surface area contributed by atoms with Gasteiger partial charge in [-0.05, 0) is 12.1 Å². The molecule has 1 saturated carbocycles. The molecule has 0 radical (unpaired) electrons. The lowest BCUT2D eigenvalue weighted by molar-refractivity contribution is -0.384. The lowest BCUT2D eigenvalue weighted by Gasteiger charge is -2.42. The van der Waals surface area contributed by atoms with Crippen molar-refractivity contribution in [1.82, 2.24) is 0 Å². The number of methoxy groups -OCH3 is 2. The van der Waals surface area contributed by atoms with E-state index >= 15 is 0 Å². The van der Waals surface area contributed by atoms with Gasteiger partial charge in [-0.25, -0.2) is 4.90 Å². The highest BCUT2D eigenvalue weighted by Gasteiger charge is 2.89. The van der Waals surface area contributed by atoms with E-state index in [1.54, 1.807) is 0 Å². The van der Waals surface area contributed by atoms with Crippen molar-refractivity contribution in [3.05, 3.63) is 44.4 Å². The number of halogens is 4. The molecule has 2 bridgehead atoms. The van der Waals surface area contributed by atoms with E-state index in [9.17, 15) is 19.7 Å². The van der Waals surface area contributed by atoms with Crippen molar-refractivity contribution in [1.29, 1.82) is 0 Å². The second-order valence-electron chi connectivity index (χ2n) is 6.82. The molecule has 2 aliphatic carbocycles. The number of imide groups is 1. The standard InChI is InChI=1S/C17H12Cl4N2O6/c1-28-17(29-2)15(20)9-10(16(17,21)12(19)11(15)18)14(25)22(13(9)24)7-3-5-8(6-4-7)23(26)27/h3-6,9-10H,1-2H3/t9-,10-,15-,16-/m0/s1. The Hall–Kier alpha value is -1.42. The van der Waals surface area contributed by atoms with Crippen LogP contribution in [0.1, 0.15) is 0 Å². The first-order valence-corrected chi connectivity index (χ1v) is 9.72. The molecule has 0 aromatic heterocycles. The molecule has 4 atom stereocenters. The number of nitrogens with zero attached hydrogens (tertiary/aromatic N) is 2. The number of hydrogen-bond donors (Lipinski definition) is 0. The second kappa shape index (κ2) is 6.29. The average Bonchev–Trinajstić information content (AvgIpc) is 3.12. The normalized spacial score (nSPS) is 34.9. The predicted molar refractivity (Wildman–Crippen MR) is 105 cm³/mol. The molecule has 1 aliphatic heterocycles. The summed E-state index contributed by atoms with van der Waals surface area (Å²) < 4.78 is 11.0. The second-order valence-corrected chi connectivity index (χ2v) is 8.77. The Morgan fingerprint density at radius 3 is 1.72 bits per heavy atom. The molecular formula is C17H12Cl4N2O6. The Morgan fingerprint density at radius 1 is 0.966 bits per heavy atom. The number of amides is 2. The van der Waals surface area contributed by atoms with Crippen LogP contribution in [0.25, 0.3) is 0 Å². The molecule has 2 amide bonds. The van der Waals surface area contributed by atoms with Crippen LogP contribution < -0.4 is 4.90 Å². The lowest BCUT2D eigenvalue weighted by atomic mass is 9.84. The van der Waals surface area contributed by atoms with Crippen molar-refractivity contribution >= 4 is 69.6 Å². The molecule has 154 valence electrons. The number of carbonyl (C=O) groups excluding carboxylic acids is 2. The van der Waals surface area contributed by atoms with Crippen molar-refractivity contribution in [2.75, 3.05) is 19.1 Å². The summed E-state index contributed by atoms with van der Waals surface area (Å²) in [6.07, 6.45) is 0. The van der Waals surface area contributed by atoms with Gasteiger partial charge in [-0.1, -0.05) is 23.2 Å². The van der Waals surface area contributed by atoms with E-state index in [0.29, 0.717) is 0 Å². The number of nitro benzene ring substituents is 1. The Balaban J connectivity index is 1.87.